The largest absolute Gasteiger partial charge is 0.318 e. The number of aryl methyl sites for hydroxylation is 1. The number of nitrogens with zero attached hydrogens (tertiary/aromatic N) is 2. The van der Waals surface area contributed by atoms with Gasteiger partial charge >= 0.3 is 0 Å². The number of benzene rings is 3. The van der Waals surface area contributed by atoms with Gasteiger partial charge in [0.05, 0.1) is 0 Å². The fourth-order valence-electron chi connectivity index (χ4n) is 3.81. The Bertz CT molecular complexity index is 1290. The third-order valence-corrected chi connectivity index (χ3v) is 5.40. The lowest BCUT2D eigenvalue weighted by atomic mass is 10.0. The molecule has 0 bridgehead atoms. The predicted octanol–water partition coefficient (Wildman–Crippen LogP) is 6.55. The molecule has 0 amide bonds. The molecule has 0 saturated carbocycles. The van der Waals surface area contributed by atoms with Crippen molar-refractivity contribution >= 4 is 11.9 Å². The van der Waals surface area contributed by atoms with Gasteiger partial charge in [-0.2, -0.15) is 5.26 Å². The fourth-order valence-corrected chi connectivity index (χ4v) is 3.81. The first-order valence-corrected chi connectivity index (χ1v) is 10.1. The number of rotatable bonds is 5. The number of hydrogen-bond donors (Lipinski definition) is 0. The molecule has 1 aromatic heterocycles. The van der Waals surface area contributed by atoms with Crippen LogP contribution >= 0.6 is 0 Å². The highest BCUT2D eigenvalue weighted by molar-refractivity contribution is 6.14. The molecule has 0 atom stereocenters. The zero-order chi connectivity index (χ0) is 21.8. The van der Waals surface area contributed by atoms with E-state index >= 15 is 0 Å². The molecule has 4 rings (SSSR count). The Morgan fingerprint density at radius 1 is 0.839 bits per heavy atom. The molecular weight excluding hydrogens is 380 g/mol. The van der Waals surface area contributed by atoms with E-state index < -0.39 is 0 Å². The van der Waals surface area contributed by atoms with Crippen molar-refractivity contribution in [3.8, 4) is 22.9 Å². The van der Waals surface area contributed by atoms with E-state index in [2.05, 4.69) is 47.0 Å². The summed E-state index contributed by atoms with van der Waals surface area (Å²) in [6.45, 7) is 4.03. The molecule has 150 valence electrons. The summed E-state index contributed by atoms with van der Waals surface area (Å²) in [5, 5.41) is 9.60. The van der Waals surface area contributed by atoms with E-state index in [9.17, 15) is 10.1 Å². The van der Waals surface area contributed by atoms with E-state index in [-0.39, 0.29) is 11.4 Å². The van der Waals surface area contributed by atoms with Crippen LogP contribution in [0.25, 0.3) is 22.9 Å². The lowest BCUT2D eigenvalue weighted by Gasteiger charge is -2.11. The van der Waals surface area contributed by atoms with Crippen molar-refractivity contribution in [1.29, 1.82) is 5.26 Å². The van der Waals surface area contributed by atoms with Crippen molar-refractivity contribution in [3.63, 3.8) is 0 Å². The van der Waals surface area contributed by atoms with Gasteiger partial charge in [0, 0.05) is 22.6 Å². The minimum Gasteiger partial charge on any atom is -0.318 e. The van der Waals surface area contributed by atoms with Gasteiger partial charge in [0.2, 0.25) is 5.78 Å². The average molecular weight is 402 g/mol. The summed E-state index contributed by atoms with van der Waals surface area (Å²) in [6.07, 6.45) is 1.69. The molecule has 0 fully saturated rings. The monoisotopic (exact) mass is 402 g/mol. The Kier molecular flexibility index (Phi) is 5.64. The quantitative estimate of drug-likeness (QED) is 0.216. The average Bonchev–Trinajstić information content (AvgIpc) is 3.10. The molecule has 1 heterocycles. The van der Waals surface area contributed by atoms with Gasteiger partial charge in [0.1, 0.15) is 11.6 Å². The molecule has 0 radical (unpaired) electrons. The Labute approximate surface area is 182 Å². The van der Waals surface area contributed by atoms with Gasteiger partial charge < -0.3 is 4.57 Å². The first-order valence-electron chi connectivity index (χ1n) is 10.1. The summed E-state index contributed by atoms with van der Waals surface area (Å²) in [5.74, 6) is -0.264. The van der Waals surface area contributed by atoms with Crippen LogP contribution in [0, 0.1) is 25.2 Å². The molecule has 0 unspecified atom stereocenters. The number of allylic oxidation sites excluding steroid dienone is 1. The smallest absolute Gasteiger partial charge is 0.203 e. The normalized spacial score (nSPS) is 11.2. The molecule has 3 nitrogen and oxygen atoms in total. The summed E-state index contributed by atoms with van der Waals surface area (Å²) >= 11 is 0. The second kappa shape index (κ2) is 8.69. The van der Waals surface area contributed by atoms with Crippen molar-refractivity contribution in [2.24, 2.45) is 0 Å². The highest BCUT2D eigenvalue weighted by atomic mass is 16.1. The van der Waals surface area contributed by atoms with Crippen LogP contribution in [-0.2, 0) is 0 Å². The number of carbonyl (C=O) groups is 1. The maximum absolute atomic E-state index is 12.7. The molecule has 0 N–H and O–H groups in total. The van der Waals surface area contributed by atoms with Gasteiger partial charge in [-0.3, -0.25) is 4.79 Å². The number of hydrogen-bond acceptors (Lipinski definition) is 2. The Morgan fingerprint density at radius 3 is 2.03 bits per heavy atom. The Balaban J connectivity index is 1.68. The molecule has 0 aliphatic carbocycles. The van der Waals surface area contributed by atoms with Crippen LogP contribution in [0.2, 0.25) is 0 Å². The lowest BCUT2D eigenvalue weighted by molar-refractivity contribution is 0.104. The number of ketones is 1. The standard InChI is InChI=1S/C28H22N2O/c1-20-17-25(18-26(19-29)28(31)24-11-7-4-8-12-24)21(2)30(20)27-15-13-23(14-16-27)22-9-5-3-6-10-22/h3-18H,1-2H3/b26-18+. The van der Waals surface area contributed by atoms with Gasteiger partial charge in [0.25, 0.3) is 0 Å². The first-order chi connectivity index (χ1) is 15.1. The molecule has 0 aliphatic rings. The van der Waals surface area contributed by atoms with Gasteiger partial charge in [-0.05, 0) is 54.8 Å². The van der Waals surface area contributed by atoms with Crippen LogP contribution in [0.1, 0.15) is 27.3 Å². The van der Waals surface area contributed by atoms with Gasteiger partial charge in [0.15, 0.2) is 0 Å². The topological polar surface area (TPSA) is 45.8 Å². The number of Topliss-reactive ketones (excluding diaryl/α,β-unsaturated/α-hetero) is 1. The van der Waals surface area contributed by atoms with Crippen molar-refractivity contribution in [2.75, 3.05) is 0 Å². The zero-order valence-electron chi connectivity index (χ0n) is 17.5. The van der Waals surface area contributed by atoms with Gasteiger partial charge in [-0.25, -0.2) is 0 Å². The molecule has 0 aliphatic heterocycles. The van der Waals surface area contributed by atoms with Crippen molar-refractivity contribution in [1.82, 2.24) is 4.57 Å². The number of nitriles is 1. The molecule has 0 saturated heterocycles. The molecule has 4 aromatic rings. The van der Waals surface area contributed by atoms with Crippen LogP contribution in [-0.4, -0.2) is 10.4 Å². The molecule has 0 spiro atoms. The highest BCUT2D eigenvalue weighted by Gasteiger charge is 2.15. The van der Waals surface area contributed by atoms with E-state index in [4.69, 9.17) is 0 Å². The molecule has 31 heavy (non-hydrogen) atoms. The predicted molar refractivity (Wildman–Crippen MR) is 125 cm³/mol. The minimum absolute atomic E-state index is 0.130. The van der Waals surface area contributed by atoms with Gasteiger partial charge in [-0.15, -0.1) is 0 Å². The van der Waals surface area contributed by atoms with Crippen molar-refractivity contribution in [3.05, 3.63) is 119 Å². The number of aromatic nitrogens is 1. The van der Waals surface area contributed by atoms with E-state index in [1.54, 1.807) is 30.3 Å². The SMILES string of the molecule is Cc1cc(/C=C(\C#N)C(=O)c2ccccc2)c(C)n1-c1ccc(-c2ccccc2)cc1. The second-order valence-corrected chi connectivity index (χ2v) is 7.44. The summed E-state index contributed by atoms with van der Waals surface area (Å²) in [7, 11) is 0. The highest BCUT2D eigenvalue weighted by Crippen LogP contribution is 2.26. The third-order valence-electron chi connectivity index (χ3n) is 5.40. The lowest BCUT2D eigenvalue weighted by Crippen LogP contribution is -2.02. The van der Waals surface area contributed by atoms with Crippen LogP contribution < -0.4 is 0 Å². The van der Waals surface area contributed by atoms with Crippen molar-refractivity contribution in [2.45, 2.75) is 13.8 Å². The maximum atomic E-state index is 12.7. The third kappa shape index (κ3) is 4.10. The fraction of sp³-hybridized carbons (Fsp3) is 0.0714. The minimum atomic E-state index is -0.264. The van der Waals surface area contributed by atoms with Crippen molar-refractivity contribution < 1.29 is 4.79 Å². The summed E-state index contributed by atoms with van der Waals surface area (Å²) < 4.78 is 2.14. The summed E-state index contributed by atoms with van der Waals surface area (Å²) in [6, 6.07) is 31.7. The van der Waals surface area contributed by atoms with Crippen LogP contribution in [0.3, 0.4) is 0 Å². The first kappa shape index (κ1) is 20.1. The maximum Gasteiger partial charge on any atom is 0.203 e. The summed E-state index contributed by atoms with van der Waals surface area (Å²) in [5.41, 5.74) is 6.92. The van der Waals surface area contributed by atoms with Crippen LogP contribution in [0.4, 0.5) is 0 Å². The summed E-state index contributed by atoms with van der Waals surface area (Å²) in [4.78, 5) is 12.7. The van der Waals surface area contributed by atoms with Gasteiger partial charge in [-0.1, -0.05) is 72.8 Å². The molecular formula is C28H22N2O. The molecule has 3 aromatic carbocycles. The zero-order valence-corrected chi connectivity index (χ0v) is 17.5. The Morgan fingerprint density at radius 2 is 1.42 bits per heavy atom. The Hall–Kier alpha value is -4.16. The number of carbonyl (C=O) groups excluding carboxylic acids is 1. The van der Waals surface area contributed by atoms with E-state index in [1.165, 1.54) is 5.56 Å². The van der Waals surface area contributed by atoms with Crippen LogP contribution in [0.5, 0.6) is 0 Å². The van der Waals surface area contributed by atoms with E-state index in [0.29, 0.717) is 5.56 Å². The van der Waals surface area contributed by atoms with E-state index in [0.717, 1.165) is 28.2 Å². The molecule has 3 heteroatoms. The second-order valence-electron chi connectivity index (χ2n) is 7.44. The van der Waals surface area contributed by atoms with Crippen LogP contribution in [0.15, 0.2) is 96.6 Å². The van der Waals surface area contributed by atoms with E-state index in [1.807, 2.05) is 44.2 Å².